The third-order valence-electron chi connectivity index (χ3n) is 4.11. The van der Waals surface area contributed by atoms with Gasteiger partial charge in [-0.1, -0.05) is 44.4 Å². The molecule has 112 valence electrons. The molecular weight excluding hydrogens is 361 g/mol. The fourth-order valence-electron chi connectivity index (χ4n) is 2.76. The normalized spacial score (nSPS) is 22.9. The number of nitrogens with zero attached hydrogens (tertiary/aromatic N) is 1. The molecule has 3 nitrogen and oxygen atoms in total. The molecule has 0 amide bonds. The molecule has 0 bridgehead atoms. The minimum atomic E-state index is 0. The zero-order chi connectivity index (χ0) is 13.5. The number of anilines is 1. The average Bonchev–Trinajstić information content (AvgIpc) is 2.47. The van der Waals surface area contributed by atoms with Gasteiger partial charge in [-0.3, -0.25) is 4.99 Å². The lowest BCUT2D eigenvalue weighted by atomic mass is 9.81. The molecule has 1 fully saturated rings. The topological polar surface area (TPSA) is 50.4 Å². The number of hydrogen-bond acceptors (Lipinski definition) is 1. The minimum absolute atomic E-state index is 0. The average molecular weight is 387 g/mol. The maximum atomic E-state index is 5.92. The molecular formula is C16H26IN3. The van der Waals surface area contributed by atoms with Crippen molar-refractivity contribution in [3.63, 3.8) is 0 Å². The molecule has 0 atom stereocenters. The van der Waals surface area contributed by atoms with E-state index >= 15 is 0 Å². The van der Waals surface area contributed by atoms with Gasteiger partial charge in [-0.15, -0.1) is 24.0 Å². The van der Waals surface area contributed by atoms with Gasteiger partial charge in [-0.05, 0) is 36.8 Å². The lowest BCUT2D eigenvalue weighted by molar-refractivity contribution is 0.274. The molecule has 0 unspecified atom stereocenters. The fourth-order valence-corrected chi connectivity index (χ4v) is 2.76. The van der Waals surface area contributed by atoms with Gasteiger partial charge in [0.05, 0.1) is 0 Å². The summed E-state index contributed by atoms with van der Waals surface area (Å²) in [6.07, 6.45) is 6.67. The van der Waals surface area contributed by atoms with Crippen LogP contribution in [0.1, 0.15) is 39.0 Å². The summed E-state index contributed by atoms with van der Waals surface area (Å²) in [4.78, 5) is 4.48. The van der Waals surface area contributed by atoms with Crippen LogP contribution in [0.3, 0.4) is 0 Å². The molecule has 1 aromatic carbocycles. The molecule has 3 N–H and O–H groups in total. The van der Waals surface area contributed by atoms with Crippen molar-refractivity contribution in [2.75, 3.05) is 11.9 Å². The summed E-state index contributed by atoms with van der Waals surface area (Å²) in [5.74, 6) is 2.20. The molecule has 1 aliphatic carbocycles. The second-order valence-electron chi connectivity index (χ2n) is 5.51. The maximum Gasteiger partial charge on any atom is 0.193 e. The number of nitrogens with one attached hydrogen (secondary N) is 1. The number of guanidine groups is 1. The van der Waals surface area contributed by atoms with E-state index in [0.29, 0.717) is 5.96 Å². The second-order valence-corrected chi connectivity index (χ2v) is 5.51. The first kappa shape index (κ1) is 17.3. The smallest absolute Gasteiger partial charge is 0.193 e. The van der Waals surface area contributed by atoms with Gasteiger partial charge in [-0.25, -0.2) is 0 Å². The Morgan fingerprint density at radius 3 is 2.35 bits per heavy atom. The summed E-state index contributed by atoms with van der Waals surface area (Å²) in [7, 11) is 0. The number of para-hydroxylation sites is 1. The van der Waals surface area contributed by atoms with Crippen LogP contribution in [0.15, 0.2) is 35.3 Å². The first-order chi connectivity index (χ1) is 9.28. The maximum absolute atomic E-state index is 5.92. The van der Waals surface area contributed by atoms with Crippen LogP contribution in [0.2, 0.25) is 0 Å². The Balaban J connectivity index is 0.00000200. The summed E-state index contributed by atoms with van der Waals surface area (Å²) in [6.45, 7) is 3.16. The van der Waals surface area contributed by atoms with Gasteiger partial charge >= 0.3 is 0 Å². The molecule has 20 heavy (non-hydrogen) atoms. The fraction of sp³-hybridized carbons (Fsp3) is 0.562. The van der Waals surface area contributed by atoms with E-state index in [1.807, 2.05) is 30.3 Å². The Morgan fingerprint density at radius 2 is 1.75 bits per heavy atom. The molecule has 0 aromatic heterocycles. The van der Waals surface area contributed by atoms with E-state index < -0.39 is 0 Å². The van der Waals surface area contributed by atoms with E-state index in [1.165, 1.54) is 32.1 Å². The highest BCUT2D eigenvalue weighted by Crippen LogP contribution is 2.30. The van der Waals surface area contributed by atoms with E-state index in [1.54, 1.807) is 0 Å². The van der Waals surface area contributed by atoms with Gasteiger partial charge in [0, 0.05) is 12.2 Å². The number of benzene rings is 1. The molecule has 4 heteroatoms. The molecule has 0 spiro atoms. The quantitative estimate of drug-likeness (QED) is 0.461. The van der Waals surface area contributed by atoms with Crippen LogP contribution in [0, 0.1) is 11.8 Å². The Labute approximate surface area is 139 Å². The molecule has 0 saturated heterocycles. The van der Waals surface area contributed by atoms with Crippen LogP contribution in [0.25, 0.3) is 0 Å². The predicted molar refractivity (Wildman–Crippen MR) is 97.7 cm³/mol. The van der Waals surface area contributed by atoms with Crippen molar-refractivity contribution in [1.29, 1.82) is 0 Å². The molecule has 0 heterocycles. The van der Waals surface area contributed by atoms with Crippen molar-refractivity contribution in [1.82, 2.24) is 0 Å². The molecule has 2 rings (SSSR count). The summed E-state index contributed by atoms with van der Waals surface area (Å²) in [6, 6.07) is 9.96. The number of rotatable bonds is 4. The van der Waals surface area contributed by atoms with Crippen molar-refractivity contribution >= 4 is 35.6 Å². The molecule has 0 radical (unpaired) electrons. The lowest BCUT2D eigenvalue weighted by Gasteiger charge is -2.26. The SMILES string of the molecule is CCC1CCC(CN=C(N)Nc2ccccc2)CC1.I. The van der Waals surface area contributed by atoms with Crippen LogP contribution in [-0.2, 0) is 0 Å². The first-order valence-electron chi connectivity index (χ1n) is 7.40. The van der Waals surface area contributed by atoms with Gasteiger partial charge < -0.3 is 11.1 Å². The van der Waals surface area contributed by atoms with Crippen molar-refractivity contribution < 1.29 is 0 Å². The Morgan fingerprint density at radius 1 is 1.15 bits per heavy atom. The Bertz CT molecular complexity index is 397. The van der Waals surface area contributed by atoms with Crippen molar-refractivity contribution in [3.8, 4) is 0 Å². The zero-order valence-electron chi connectivity index (χ0n) is 12.2. The van der Waals surface area contributed by atoms with E-state index in [0.717, 1.165) is 24.1 Å². The summed E-state index contributed by atoms with van der Waals surface area (Å²) in [5, 5.41) is 3.13. The van der Waals surface area contributed by atoms with Crippen molar-refractivity contribution in [2.45, 2.75) is 39.0 Å². The number of halogens is 1. The third-order valence-corrected chi connectivity index (χ3v) is 4.11. The summed E-state index contributed by atoms with van der Waals surface area (Å²) < 4.78 is 0. The van der Waals surface area contributed by atoms with Crippen LogP contribution in [-0.4, -0.2) is 12.5 Å². The Hall–Kier alpha value is -0.780. The summed E-state index contributed by atoms with van der Waals surface area (Å²) in [5.41, 5.74) is 6.91. The molecule has 0 aliphatic heterocycles. The van der Waals surface area contributed by atoms with E-state index in [4.69, 9.17) is 5.73 Å². The molecule has 1 aliphatic rings. The zero-order valence-corrected chi connectivity index (χ0v) is 14.5. The number of hydrogen-bond donors (Lipinski definition) is 2. The van der Waals surface area contributed by atoms with Gasteiger partial charge in [-0.2, -0.15) is 0 Å². The summed E-state index contributed by atoms with van der Waals surface area (Å²) >= 11 is 0. The number of aliphatic imine (C=N–C) groups is 1. The Kier molecular flexibility index (Phi) is 7.95. The minimum Gasteiger partial charge on any atom is -0.370 e. The van der Waals surface area contributed by atoms with E-state index in [-0.39, 0.29) is 24.0 Å². The first-order valence-corrected chi connectivity index (χ1v) is 7.40. The van der Waals surface area contributed by atoms with Gasteiger partial charge in [0.15, 0.2) is 5.96 Å². The highest BCUT2D eigenvalue weighted by atomic mass is 127. The lowest BCUT2D eigenvalue weighted by Crippen LogP contribution is -2.24. The largest absolute Gasteiger partial charge is 0.370 e. The second kappa shape index (κ2) is 9.21. The van der Waals surface area contributed by atoms with Crippen LogP contribution in [0.4, 0.5) is 5.69 Å². The molecule has 1 aromatic rings. The highest BCUT2D eigenvalue weighted by molar-refractivity contribution is 14.0. The number of nitrogens with two attached hydrogens (primary N) is 1. The van der Waals surface area contributed by atoms with Gasteiger partial charge in [0.2, 0.25) is 0 Å². The van der Waals surface area contributed by atoms with Crippen LogP contribution >= 0.6 is 24.0 Å². The van der Waals surface area contributed by atoms with Crippen molar-refractivity contribution in [3.05, 3.63) is 30.3 Å². The van der Waals surface area contributed by atoms with Crippen molar-refractivity contribution in [2.24, 2.45) is 22.6 Å². The monoisotopic (exact) mass is 387 g/mol. The van der Waals surface area contributed by atoms with Crippen LogP contribution < -0.4 is 11.1 Å². The van der Waals surface area contributed by atoms with E-state index in [9.17, 15) is 0 Å². The van der Waals surface area contributed by atoms with Gasteiger partial charge in [0.25, 0.3) is 0 Å². The standard InChI is InChI=1S/C16H25N3.HI/c1-2-13-8-10-14(11-9-13)12-18-16(17)19-15-6-4-3-5-7-15;/h3-7,13-14H,2,8-12H2,1H3,(H3,17,18,19);1H. The molecule has 1 saturated carbocycles. The van der Waals surface area contributed by atoms with Crippen LogP contribution in [0.5, 0.6) is 0 Å². The third kappa shape index (κ3) is 5.69. The van der Waals surface area contributed by atoms with E-state index in [2.05, 4.69) is 17.2 Å². The van der Waals surface area contributed by atoms with Gasteiger partial charge in [0.1, 0.15) is 0 Å². The predicted octanol–water partition coefficient (Wildman–Crippen LogP) is 4.25. The highest BCUT2D eigenvalue weighted by Gasteiger charge is 2.19.